The molecule has 0 amide bonds. The first-order valence-corrected chi connectivity index (χ1v) is 10.6. The Labute approximate surface area is 180 Å². The molecule has 1 aliphatic rings. The van der Waals surface area contributed by atoms with Gasteiger partial charge in [-0.2, -0.15) is 0 Å². The molecule has 3 rings (SSSR count). The molecule has 1 aliphatic carbocycles. The Kier molecular flexibility index (Phi) is 9.01. The Balaban J connectivity index is 0.00000155. The third kappa shape index (κ3) is 6.14. The van der Waals surface area contributed by atoms with Gasteiger partial charge in [0.2, 0.25) is 5.95 Å². The van der Waals surface area contributed by atoms with Crippen LogP contribution in [-0.2, 0) is 19.4 Å². The van der Waals surface area contributed by atoms with E-state index in [0.29, 0.717) is 18.5 Å². The molecule has 0 saturated carbocycles. The summed E-state index contributed by atoms with van der Waals surface area (Å²) < 4.78 is 0. The van der Waals surface area contributed by atoms with Crippen molar-refractivity contribution >= 4 is 17.5 Å². The highest BCUT2D eigenvalue weighted by molar-refractivity contribution is 5.90. The number of nitrogens with zero attached hydrogens (tertiary/aromatic N) is 3. The molecule has 3 N–H and O–H groups in total. The predicted octanol–water partition coefficient (Wildman–Crippen LogP) is 5.37. The first-order valence-electron chi connectivity index (χ1n) is 10.6. The molecule has 1 aromatic heterocycles. The zero-order chi connectivity index (χ0) is 21.9. The van der Waals surface area contributed by atoms with E-state index in [4.69, 9.17) is 5.73 Å². The standard InChI is InChI=1S/C23H27N5.C2H6/c1-4-8-18(5-2)19-13-11-17(12-14-19)15-25-22(24)28-23-26-16(3)20-9-6-7-10-21(20)27-23;1-2/h4-5,8,11-14H,1-2,6-7,9-10,15H2,3H3,(H3,24,25,26,27,28);1-2H3/b18-8+;. The lowest BCUT2D eigenvalue weighted by Gasteiger charge is -2.17. The summed E-state index contributed by atoms with van der Waals surface area (Å²) in [5.41, 5.74) is 12.7. The molecule has 0 saturated heterocycles. The van der Waals surface area contributed by atoms with Crippen molar-refractivity contribution in [2.24, 2.45) is 10.7 Å². The number of allylic oxidation sites excluding steroid dienone is 4. The van der Waals surface area contributed by atoms with E-state index in [1.54, 1.807) is 6.08 Å². The summed E-state index contributed by atoms with van der Waals surface area (Å²) in [5.74, 6) is 0.845. The first kappa shape index (κ1) is 23.1. The number of hydrogen-bond donors (Lipinski definition) is 2. The van der Waals surface area contributed by atoms with Crippen LogP contribution in [0.1, 0.15) is 54.8 Å². The number of nitrogens with one attached hydrogen (secondary N) is 1. The van der Waals surface area contributed by atoms with Gasteiger partial charge in [0.05, 0.1) is 6.54 Å². The van der Waals surface area contributed by atoms with E-state index >= 15 is 0 Å². The lowest BCUT2D eigenvalue weighted by molar-refractivity contribution is 0.658. The lowest BCUT2D eigenvalue weighted by Crippen LogP contribution is -2.25. The van der Waals surface area contributed by atoms with E-state index in [-0.39, 0.29) is 0 Å². The highest BCUT2D eigenvalue weighted by Gasteiger charge is 2.15. The summed E-state index contributed by atoms with van der Waals surface area (Å²) in [7, 11) is 0. The topological polar surface area (TPSA) is 76.2 Å². The van der Waals surface area contributed by atoms with Crippen molar-refractivity contribution in [2.45, 2.75) is 53.0 Å². The van der Waals surface area contributed by atoms with Crippen molar-refractivity contribution in [2.75, 3.05) is 5.32 Å². The van der Waals surface area contributed by atoms with Crippen molar-refractivity contribution in [1.29, 1.82) is 0 Å². The van der Waals surface area contributed by atoms with Crippen LogP contribution >= 0.6 is 0 Å². The molecular weight excluding hydrogens is 370 g/mol. The molecule has 1 heterocycles. The van der Waals surface area contributed by atoms with E-state index in [1.165, 1.54) is 18.4 Å². The smallest absolute Gasteiger partial charge is 0.229 e. The van der Waals surface area contributed by atoms with Gasteiger partial charge in [-0.25, -0.2) is 15.0 Å². The number of aryl methyl sites for hydroxylation is 2. The van der Waals surface area contributed by atoms with Crippen molar-refractivity contribution in [1.82, 2.24) is 9.97 Å². The Hall–Kier alpha value is -3.21. The van der Waals surface area contributed by atoms with Crippen LogP contribution in [-0.4, -0.2) is 15.9 Å². The van der Waals surface area contributed by atoms with Crippen molar-refractivity contribution in [3.63, 3.8) is 0 Å². The fraction of sp³-hybridized carbons (Fsp3) is 0.320. The highest BCUT2D eigenvalue weighted by atomic mass is 15.2. The molecule has 1 aromatic carbocycles. The molecule has 5 heteroatoms. The average Bonchev–Trinajstić information content (AvgIpc) is 2.78. The van der Waals surface area contributed by atoms with Gasteiger partial charge in [0.1, 0.15) is 0 Å². The third-order valence-corrected chi connectivity index (χ3v) is 4.87. The van der Waals surface area contributed by atoms with Crippen LogP contribution in [0.25, 0.3) is 5.57 Å². The summed E-state index contributed by atoms with van der Waals surface area (Å²) in [4.78, 5) is 13.6. The Morgan fingerprint density at radius 2 is 1.83 bits per heavy atom. The minimum Gasteiger partial charge on any atom is -0.370 e. The SMILES string of the molecule is C=C/C=C(\C=C)c1ccc(CN=C(N)Nc2nc(C)c3c(n2)CCCC3)cc1.CC. The second-order valence-corrected chi connectivity index (χ2v) is 6.85. The molecule has 0 aliphatic heterocycles. The maximum atomic E-state index is 6.04. The second kappa shape index (κ2) is 11.7. The number of benzene rings is 1. The van der Waals surface area contributed by atoms with Crippen molar-refractivity contribution < 1.29 is 0 Å². The largest absolute Gasteiger partial charge is 0.370 e. The number of aliphatic imine (C=N–C) groups is 1. The zero-order valence-corrected chi connectivity index (χ0v) is 18.4. The summed E-state index contributed by atoms with van der Waals surface area (Å²) >= 11 is 0. The summed E-state index contributed by atoms with van der Waals surface area (Å²) in [6.45, 7) is 14.1. The number of guanidine groups is 1. The minimum atomic E-state index is 0.317. The number of rotatable bonds is 6. The first-order chi connectivity index (χ1) is 14.6. The van der Waals surface area contributed by atoms with Crippen LogP contribution in [0.15, 0.2) is 60.6 Å². The molecular formula is C25H33N5. The molecule has 0 fully saturated rings. The van der Waals surface area contributed by atoms with Gasteiger partial charge in [-0.15, -0.1) is 0 Å². The van der Waals surface area contributed by atoms with Gasteiger partial charge in [0, 0.05) is 11.4 Å². The number of hydrogen-bond acceptors (Lipinski definition) is 3. The van der Waals surface area contributed by atoms with Crippen LogP contribution in [0.5, 0.6) is 0 Å². The molecule has 0 atom stereocenters. The molecule has 0 radical (unpaired) electrons. The summed E-state index contributed by atoms with van der Waals surface area (Å²) in [5, 5.41) is 3.03. The van der Waals surface area contributed by atoms with Crippen molar-refractivity contribution in [3.8, 4) is 0 Å². The molecule has 0 unspecified atom stereocenters. The van der Waals surface area contributed by atoms with E-state index in [9.17, 15) is 0 Å². The van der Waals surface area contributed by atoms with Crippen LogP contribution in [0.2, 0.25) is 0 Å². The van der Waals surface area contributed by atoms with Gasteiger partial charge in [-0.1, -0.05) is 69.5 Å². The molecule has 0 bridgehead atoms. The molecule has 30 heavy (non-hydrogen) atoms. The van der Waals surface area contributed by atoms with Gasteiger partial charge < -0.3 is 5.73 Å². The van der Waals surface area contributed by atoms with Gasteiger partial charge in [0.25, 0.3) is 0 Å². The van der Waals surface area contributed by atoms with E-state index in [1.807, 2.05) is 57.2 Å². The monoisotopic (exact) mass is 403 g/mol. The quantitative estimate of drug-likeness (QED) is 0.386. The maximum Gasteiger partial charge on any atom is 0.229 e. The molecule has 5 nitrogen and oxygen atoms in total. The zero-order valence-electron chi connectivity index (χ0n) is 18.4. The van der Waals surface area contributed by atoms with Crippen LogP contribution in [0, 0.1) is 6.92 Å². The normalized spacial score (nSPS) is 13.6. The average molecular weight is 404 g/mol. The fourth-order valence-electron chi connectivity index (χ4n) is 3.38. The van der Waals surface area contributed by atoms with Gasteiger partial charge >= 0.3 is 0 Å². The summed E-state index contributed by atoms with van der Waals surface area (Å²) in [6.07, 6.45) is 9.97. The lowest BCUT2D eigenvalue weighted by atomic mass is 9.95. The number of fused-ring (bicyclic) bond motifs is 1. The van der Waals surface area contributed by atoms with Gasteiger partial charge in [-0.3, -0.25) is 5.32 Å². The Morgan fingerprint density at radius 3 is 2.50 bits per heavy atom. The van der Waals surface area contributed by atoms with E-state index < -0.39 is 0 Å². The van der Waals surface area contributed by atoms with Gasteiger partial charge in [0.15, 0.2) is 5.96 Å². The fourth-order valence-corrected chi connectivity index (χ4v) is 3.38. The van der Waals surface area contributed by atoms with Crippen molar-refractivity contribution in [3.05, 3.63) is 83.7 Å². The third-order valence-electron chi connectivity index (χ3n) is 4.87. The Bertz CT molecular complexity index is 923. The highest BCUT2D eigenvalue weighted by Crippen LogP contribution is 2.22. The van der Waals surface area contributed by atoms with E-state index in [2.05, 4.69) is 33.4 Å². The maximum absolute atomic E-state index is 6.04. The minimum absolute atomic E-state index is 0.317. The van der Waals surface area contributed by atoms with Crippen LogP contribution in [0.3, 0.4) is 0 Å². The molecule has 2 aromatic rings. The van der Waals surface area contributed by atoms with Crippen LogP contribution < -0.4 is 11.1 Å². The molecule has 158 valence electrons. The second-order valence-electron chi connectivity index (χ2n) is 6.85. The summed E-state index contributed by atoms with van der Waals surface area (Å²) in [6, 6.07) is 8.15. The van der Waals surface area contributed by atoms with Crippen LogP contribution in [0.4, 0.5) is 5.95 Å². The predicted molar refractivity (Wildman–Crippen MR) is 129 cm³/mol. The number of aromatic nitrogens is 2. The van der Waals surface area contributed by atoms with Gasteiger partial charge in [-0.05, 0) is 54.9 Å². The van der Waals surface area contributed by atoms with E-state index in [0.717, 1.165) is 40.9 Å². The number of anilines is 1. The Morgan fingerprint density at radius 1 is 1.13 bits per heavy atom. The molecule has 0 spiro atoms. The number of nitrogens with two attached hydrogens (primary N) is 1.